The third-order valence-electron chi connectivity index (χ3n) is 1.29. The molecule has 0 aromatic carbocycles. The Morgan fingerprint density at radius 3 is 3.10 bits per heavy atom. The van der Waals surface area contributed by atoms with Gasteiger partial charge in [-0.15, -0.1) is 0 Å². The van der Waals surface area contributed by atoms with Gasteiger partial charge in [-0.1, -0.05) is 13.3 Å². The van der Waals surface area contributed by atoms with Crippen molar-refractivity contribution >= 4 is 0 Å². The highest BCUT2D eigenvalue weighted by Crippen LogP contribution is 1.95. The lowest BCUT2D eigenvalue weighted by molar-refractivity contribution is 0.912. The minimum absolute atomic E-state index is 0.133. The predicted octanol–water partition coefficient (Wildman–Crippen LogP) is 1.13. The number of hydrogen-bond acceptors (Lipinski definition) is 1. The molecule has 0 amide bonds. The molecule has 1 N–H and O–H groups in total. The first kappa shape index (κ1) is 7.06. The summed E-state index contributed by atoms with van der Waals surface area (Å²) in [5.74, 6) is 0. The van der Waals surface area contributed by atoms with Crippen molar-refractivity contribution in [1.82, 2.24) is 4.98 Å². The second kappa shape index (κ2) is 3.20. The highest BCUT2D eigenvalue weighted by Gasteiger charge is 1.90. The molecule has 0 bridgehead atoms. The van der Waals surface area contributed by atoms with E-state index in [1.165, 1.54) is 0 Å². The molecule has 0 saturated carbocycles. The third kappa shape index (κ3) is 1.72. The molecule has 0 saturated heterocycles. The van der Waals surface area contributed by atoms with Crippen LogP contribution in [-0.4, -0.2) is 4.98 Å². The molecular weight excluding hydrogens is 126 g/mol. The number of nitrogens with one attached hydrogen (secondary N) is 1. The van der Waals surface area contributed by atoms with E-state index in [2.05, 4.69) is 18.0 Å². The molecule has 53 valence electrons. The Kier molecular flexibility index (Phi) is 2.26. The fourth-order valence-electron chi connectivity index (χ4n) is 0.857. The second-order valence-corrected chi connectivity index (χ2v) is 2.21. The largest absolute Gasteiger partial charge is 0.329 e. The van der Waals surface area contributed by atoms with Crippen molar-refractivity contribution < 1.29 is 0 Å². The Hall–Kier alpha value is -1.05. The first-order valence-corrected chi connectivity index (χ1v) is 3.43. The van der Waals surface area contributed by atoms with Gasteiger partial charge in [0.05, 0.1) is 6.07 Å². The second-order valence-electron chi connectivity index (χ2n) is 2.21. The van der Waals surface area contributed by atoms with Gasteiger partial charge < -0.3 is 4.98 Å². The van der Waals surface area contributed by atoms with Crippen LogP contribution in [0.1, 0.15) is 18.9 Å². The monoisotopic (exact) mass is 136 g/mol. The molecule has 2 nitrogen and oxygen atoms in total. The maximum absolute atomic E-state index is 10.7. The summed E-state index contributed by atoms with van der Waals surface area (Å²) in [4.78, 5) is 13.2. The number of aromatic nitrogens is 1. The molecule has 0 unspecified atom stereocenters. The van der Waals surface area contributed by atoms with E-state index in [0.29, 0.717) is 0 Å². The number of pyridine rings is 1. The maximum Gasteiger partial charge on any atom is 0.256 e. The summed E-state index contributed by atoms with van der Waals surface area (Å²) in [6.07, 6.45) is 3.65. The Balaban J connectivity index is 2.85. The number of rotatable bonds is 2. The summed E-state index contributed by atoms with van der Waals surface area (Å²) in [5.41, 5.74) is 0.859. The summed E-state index contributed by atoms with van der Waals surface area (Å²) in [6, 6.07) is 4.58. The first-order valence-electron chi connectivity index (χ1n) is 3.43. The maximum atomic E-state index is 10.7. The van der Waals surface area contributed by atoms with Gasteiger partial charge in [-0.3, -0.25) is 4.79 Å². The van der Waals surface area contributed by atoms with E-state index in [1.807, 2.05) is 6.07 Å². The van der Waals surface area contributed by atoms with Gasteiger partial charge in [0.25, 0.3) is 5.56 Å². The summed E-state index contributed by atoms with van der Waals surface area (Å²) in [5, 5.41) is 0. The molecule has 0 fully saturated rings. The Labute approximate surface area is 59.9 Å². The van der Waals surface area contributed by atoms with E-state index in [1.54, 1.807) is 6.20 Å². The fraction of sp³-hybridized carbons (Fsp3) is 0.375. The van der Waals surface area contributed by atoms with Crippen LogP contribution in [0.2, 0.25) is 0 Å². The third-order valence-corrected chi connectivity index (χ3v) is 1.29. The van der Waals surface area contributed by atoms with Crippen LogP contribution < -0.4 is 5.56 Å². The Morgan fingerprint density at radius 2 is 2.50 bits per heavy atom. The lowest BCUT2D eigenvalue weighted by Gasteiger charge is -1.92. The minimum Gasteiger partial charge on any atom is -0.329 e. The topological polar surface area (TPSA) is 32.9 Å². The number of H-pyrrole nitrogens is 1. The zero-order chi connectivity index (χ0) is 7.40. The van der Waals surface area contributed by atoms with E-state index >= 15 is 0 Å². The average Bonchev–Trinajstić information content (AvgIpc) is 1.88. The molecule has 0 atom stereocenters. The normalized spacial score (nSPS) is 9.70. The fourth-order valence-corrected chi connectivity index (χ4v) is 0.857. The minimum atomic E-state index is -0.133. The molecule has 1 aromatic heterocycles. The summed E-state index contributed by atoms with van der Waals surface area (Å²) >= 11 is 0. The first-order chi connectivity index (χ1) is 4.83. The van der Waals surface area contributed by atoms with Crippen molar-refractivity contribution in [3.8, 4) is 0 Å². The lowest BCUT2D eigenvalue weighted by atomic mass is 10.2. The van der Waals surface area contributed by atoms with Crippen LogP contribution in [0, 0.1) is 6.07 Å². The molecule has 0 aliphatic heterocycles. The number of aromatic amines is 1. The van der Waals surface area contributed by atoms with Crippen LogP contribution in [0.15, 0.2) is 17.1 Å². The van der Waals surface area contributed by atoms with Crippen LogP contribution in [-0.2, 0) is 6.42 Å². The quantitative estimate of drug-likeness (QED) is 0.649. The van der Waals surface area contributed by atoms with E-state index < -0.39 is 0 Å². The predicted molar refractivity (Wildman–Crippen MR) is 39.9 cm³/mol. The lowest BCUT2D eigenvalue weighted by Crippen LogP contribution is -2.04. The van der Waals surface area contributed by atoms with Crippen LogP contribution in [0.4, 0.5) is 0 Å². The van der Waals surface area contributed by atoms with Gasteiger partial charge in [-0.05, 0) is 18.1 Å². The van der Waals surface area contributed by atoms with Crippen molar-refractivity contribution in [3.05, 3.63) is 34.2 Å². The molecule has 1 aromatic rings. The molecular formula is C8H10NO. The number of aryl methyl sites for hydroxylation is 1. The van der Waals surface area contributed by atoms with Crippen molar-refractivity contribution in [2.75, 3.05) is 0 Å². The zero-order valence-electron chi connectivity index (χ0n) is 5.98. The van der Waals surface area contributed by atoms with Crippen LogP contribution in [0.5, 0.6) is 0 Å². The molecule has 1 radical (unpaired) electrons. The van der Waals surface area contributed by atoms with Gasteiger partial charge in [-0.2, -0.15) is 0 Å². The highest BCUT2D eigenvalue weighted by molar-refractivity contribution is 5.07. The van der Waals surface area contributed by atoms with Crippen molar-refractivity contribution in [1.29, 1.82) is 0 Å². The Morgan fingerprint density at radius 1 is 1.70 bits per heavy atom. The van der Waals surface area contributed by atoms with Crippen molar-refractivity contribution in [3.63, 3.8) is 0 Å². The van der Waals surface area contributed by atoms with Gasteiger partial charge >= 0.3 is 0 Å². The van der Waals surface area contributed by atoms with E-state index in [0.717, 1.165) is 18.4 Å². The molecule has 0 spiro atoms. The van der Waals surface area contributed by atoms with Gasteiger partial charge in [0.15, 0.2) is 0 Å². The number of hydrogen-bond donors (Lipinski definition) is 1. The van der Waals surface area contributed by atoms with Gasteiger partial charge in [0.1, 0.15) is 0 Å². The van der Waals surface area contributed by atoms with E-state index in [-0.39, 0.29) is 5.56 Å². The molecule has 2 heteroatoms. The van der Waals surface area contributed by atoms with Crippen LogP contribution >= 0.6 is 0 Å². The van der Waals surface area contributed by atoms with Crippen molar-refractivity contribution in [2.45, 2.75) is 19.8 Å². The van der Waals surface area contributed by atoms with Crippen molar-refractivity contribution in [2.24, 2.45) is 0 Å². The van der Waals surface area contributed by atoms with E-state index in [4.69, 9.17) is 0 Å². The van der Waals surface area contributed by atoms with Gasteiger partial charge in [-0.25, -0.2) is 0 Å². The SMILES string of the molecule is CCCc1[c]c(=O)[nH]cc1. The van der Waals surface area contributed by atoms with Crippen LogP contribution in [0.25, 0.3) is 0 Å². The molecule has 1 heterocycles. The summed E-state index contributed by atoms with van der Waals surface area (Å²) < 4.78 is 0. The zero-order valence-corrected chi connectivity index (χ0v) is 5.98. The summed E-state index contributed by atoms with van der Waals surface area (Å²) in [6.45, 7) is 2.08. The summed E-state index contributed by atoms with van der Waals surface area (Å²) in [7, 11) is 0. The highest BCUT2D eigenvalue weighted by atomic mass is 16.1. The smallest absolute Gasteiger partial charge is 0.256 e. The molecule has 1 rings (SSSR count). The van der Waals surface area contributed by atoms with Gasteiger partial charge in [0.2, 0.25) is 0 Å². The van der Waals surface area contributed by atoms with E-state index in [9.17, 15) is 4.79 Å². The Bertz CT molecular complexity index is 251. The molecule has 0 aliphatic carbocycles. The average molecular weight is 136 g/mol. The standard InChI is InChI=1S/C8H10NO/c1-2-3-7-4-5-9-8(10)6-7/h4-5H,2-3H2,1H3,(H,9,10). The molecule has 0 aliphatic rings. The van der Waals surface area contributed by atoms with Crippen LogP contribution in [0.3, 0.4) is 0 Å². The van der Waals surface area contributed by atoms with Gasteiger partial charge in [0, 0.05) is 6.20 Å². The molecule has 10 heavy (non-hydrogen) atoms.